The first-order chi connectivity index (χ1) is 7.11. The van der Waals surface area contributed by atoms with Crippen LogP contribution in [0.25, 0.3) is 0 Å². The molecule has 15 heavy (non-hydrogen) atoms. The average molecular weight is 229 g/mol. The van der Waals surface area contributed by atoms with Gasteiger partial charge in [-0.2, -0.15) is 0 Å². The lowest BCUT2D eigenvalue weighted by atomic mass is 10.3. The van der Waals surface area contributed by atoms with Crippen molar-refractivity contribution in [2.45, 2.75) is 11.8 Å². The van der Waals surface area contributed by atoms with Gasteiger partial charge in [-0.05, 0) is 25.1 Å². The fraction of sp³-hybridized carbons (Fsp3) is 0.400. The van der Waals surface area contributed by atoms with Gasteiger partial charge in [-0.15, -0.1) is 0 Å². The number of hydrogen-bond acceptors (Lipinski definition) is 4. The summed E-state index contributed by atoms with van der Waals surface area (Å²) in [5.74, 6) is 0.00924. The maximum atomic E-state index is 11.7. The second-order valence-corrected chi connectivity index (χ2v) is 4.93. The number of hydrogen-bond donors (Lipinski definition) is 1. The predicted molar refractivity (Wildman–Crippen MR) is 55.6 cm³/mol. The number of aliphatic hydroxyl groups is 1. The van der Waals surface area contributed by atoms with Gasteiger partial charge in [0, 0.05) is 0 Å². The summed E-state index contributed by atoms with van der Waals surface area (Å²) >= 11 is 0. The Morgan fingerprint density at radius 2 is 2.27 bits per heavy atom. The van der Waals surface area contributed by atoms with Gasteiger partial charge in [0.25, 0.3) is 0 Å². The van der Waals surface area contributed by atoms with Crippen molar-refractivity contribution in [1.29, 1.82) is 0 Å². The van der Waals surface area contributed by atoms with Crippen LogP contribution in [0.3, 0.4) is 0 Å². The molecule has 1 radical (unpaired) electrons. The molecular formula is C10H13O4S. The number of sulfone groups is 1. The Bertz CT molecular complexity index is 411. The zero-order chi connectivity index (χ0) is 11.3. The van der Waals surface area contributed by atoms with Crippen molar-refractivity contribution in [2.75, 3.05) is 19.0 Å². The van der Waals surface area contributed by atoms with E-state index in [9.17, 15) is 8.42 Å². The molecule has 1 rings (SSSR count). The second kappa shape index (κ2) is 5.14. The predicted octanol–water partition coefficient (Wildman–Crippen LogP) is 0.651. The topological polar surface area (TPSA) is 63.6 Å². The SMILES string of the molecule is CCOc1cc[c]cc1S(=O)(=O)CCO. The molecule has 1 aromatic rings. The van der Waals surface area contributed by atoms with Gasteiger partial charge in [0.2, 0.25) is 0 Å². The standard InChI is InChI=1S/C10H13O4S/c1-2-14-9-5-3-4-6-10(9)15(12,13)8-7-11/h3,5-6,11H,2,7-8H2,1H3. The first kappa shape index (κ1) is 12.0. The molecule has 0 aliphatic carbocycles. The van der Waals surface area contributed by atoms with E-state index >= 15 is 0 Å². The molecule has 5 heteroatoms. The molecule has 4 nitrogen and oxygen atoms in total. The molecule has 1 N–H and O–H groups in total. The summed E-state index contributed by atoms with van der Waals surface area (Å²) in [5.41, 5.74) is 0. The lowest BCUT2D eigenvalue weighted by Crippen LogP contribution is -2.11. The maximum absolute atomic E-state index is 11.7. The lowest BCUT2D eigenvalue weighted by Gasteiger charge is -2.09. The monoisotopic (exact) mass is 229 g/mol. The minimum Gasteiger partial charge on any atom is -0.493 e. The number of rotatable bonds is 5. The van der Waals surface area contributed by atoms with E-state index in [4.69, 9.17) is 9.84 Å². The summed E-state index contributed by atoms with van der Waals surface area (Å²) in [6.45, 7) is 1.77. The van der Waals surface area contributed by atoms with Crippen LogP contribution < -0.4 is 4.74 Å². The van der Waals surface area contributed by atoms with Crippen molar-refractivity contribution in [3.63, 3.8) is 0 Å². The molecule has 0 saturated heterocycles. The third-order valence-corrected chi connectivity index (χ3v) is 3.49. The molecule has 0 heterocycles. The number of benzene rings is 1. The number of aliphatic hydroxyl groups excluding tert-OH is 1. The summed E-state index contributed by atoms with van der Waals surface area (Å²) in [5, 5.41) is 8.65. The third-order valence-electron chi connectivity index (χ3n) is 1.78. The highest BCUT2D eigenvalue weighted by atomic mass is 32.2. The van der Waals surface area contributed by atoms with E-state index in [2.05, 4.69) is 6.07 Å². The Morgan fingerprint density at radius 3 is 2.87 bits per heavy atom. The quantitative estimate of drug-likeness (QED) is 0.805. The van der Waals surface area contributed by atoms with Crippen LogP contribution in [0.4, 0.5) is 0 Å². The molecule has 0 fully saturated rings. The molecule has 0 bridgehead atoms. The van der Waals surface area contributed by atoms with E-state index in [0.717, 1.165) is 0 Å². The molecule has 0 aliphatic heterocycles. The van der Waals surface area contributed by atoms with Gasteiger partial charge in [-0.3, -0.25) is 0 Å². The molecular weight excluding hydrogens is 216 g/mol. The summed E-state index contributed by atoms with van der Waals surface area (Å²) in [7, 11) is -3.47. The van der Waals surface area contributed by atoms with Crippen LogP contribution in [0.15, 0.2) is 23.1 Å². The highest BCUT2D eigenvalue weighted by molar-refractivity contribution is 7.91. The van der Waals surface area contributed by atoms with Crippen molar-refractivity contribution in [2.24, 2.45) is 0 Å². The Hall–Kier alpha value is -1.07. The van der Waals surface area contributed by atoms with Crippen molar-refractivity contribution in [3.05, 3.63) is 24.3 Å². The van der Waals surface area contributed by atoms with Crippen LogP contribution in [-0.2, 0) is 9.84 Å². The first-order valence-corrected chi connectivity index (χ1v) is 6.23. The van der Waals surface area contributed by atoms with E-state index in [0.29, 0.717) is 12.4 Å². The van der Waals surface area contributed by atoms with Crippen LogP contribution in [-0.4, -0.2) is 32.5 Å². The molecule has 0 saturated carbocycles. The van der Waals surface area contributed by atoms with Gasteiger partial charge in [0.05, 0.1) is 19.0 Å². The molecule has 0 atom stereocenters. The van der Waals surface area contributed by atoms with Crippen molar-refractivity contribution >= 4 is 9.84 Å². The molecule has 1 aromatic carbocycles. The molecule has 0 aromatic heterocycles. The molecule has 0 unspecified atom stereocenters. The molecule has 0 amide bonds. The number of ether oxygens (including phenoxy) is 1. The van der Waals surface area contributed by atoms with Gasteiger partial charge in [0.15, 0.2) is 9.84 Å². The van der Waals surface area contributed by atoms with E-state index in [-0.39, 0.29) is 10.6 Å². The van der Waals surface area contributed by atoms with Crippen LogP contribution in [0.5, 0.6) is 5.75 Å². The normalized spacial score (nSPS) is 11.3. The molecule has 0 spiro atoms. The van der Waals surface area contributed by atoms with E-state index < -0.39 is 16.4 Å². The summed E-state index contributed by atoms with van der Waals surface area (Å²) in [6, 6.07) is 7.18. The van der Waals surface area contributed by atoms with Crippen LogP contribution in [0.1, 0.15) is 6.92 Å². The fourth-order valence-electron chi connectivity index (χ4n) is 1.15. The van der Waals surface area contributed by atoms with Crippen LogP contribution in [0.2, 0.25) is 0 Å². The summed E-state index contributed by atoms with van der Waals surface area (Å²) in [6.07, 6.45) is 0. The van der Waals surface area contributed by atoms with E-state index in [1.54, 1.807) is 19.1 Å². The highest BCUT2D eigenvalue weighted by Crippen LogP contribution is 2.23. The van der Waals surface area contributed by atoms with Gasteiger partial charge in [-0.1, -0.05) is 6.07 Å². The van der Waals surface area contributed by atoms with Gasteiger partial charge >= 0.3 is 0 Å². The van der Waals surface area contributed by atoms with E-state index in [1.807, 2.05) is 0 Å². The smallest absolute Gasteiger partial charge is 0.184 e. The van der Waals surface area contributed by atoms with Gasteiger partial charge in [0.1, 0.15) is 10.6 Å². The fourth-order valence-corrected chi connectivity index (χ4v) is 2.29. The second-order valence-electron chi connectivity index (χ2n) is 2.85. The average Bonchev–Trinajstić information content (AvgIpc) is 2.19. The van der Waals surface area contributed by atoms with Gasteiger partial charge in [-0.25, -0.2) is 8.42 Å². The Kier molecular flexibility index (Phi) is 4.11. The van der Waals surface area contributed by atoms with Crippen molar-refractivity contribution < 1.29 is 18.3 Å². The van der Waals surface area contributed by atoms with E-state index in [1.165, 1.54) is 6.07 Å². The zero-order valence-electron chi connectivity index (χ0n) is 8.43. The minimum atomic E-state index is -3.47. The zero-order valence-corrected chi connectivity index (χ0v) is 9.25. The first-order valence-electron chi connectivity index (χ1n) is 4.58. The Morgan fingerprint density at radius 1 is 1.53 bits per heavy atom. The largest absolute Gasteiger partial charge is 0.493 e. The third kappa shape index (κ3) is 2.94. The lowest BCUT2D eigenvalue weighted by molar-refractivity contribution is 0.318. The van der Waals surface area contributed by atoms with Gasteiger partial charge < -0.3 is 9.84 Å². The molecule has 83 valence electrons. The minimum absolute atomic E-state index is 0.0842. The van der Waals surface area contributed by atoms with Crippen molar-refractivity contribution in [3.8, 4) is 5.75 Å². The summed E-state index contributed by atoms with van der Waals surface area (Å²) in [4.78, 5) is 0.0842. The summed E-state index contributed by atoms with van der Waals surface area (Å²) < 4.78 is 28.5. The Balaban J connectivity index is 3.12. The Labute approximate surface area is 89.4 Å². The van der Waals surface area contributed by atoms with Crippen molar-refractivity contribution in [1.82, 2.24) is 0 Å². The van der Waals surface area contributed by atoms with Crippen LogP contribution >= 0.6 is 0 Å². The maximum Gasteiger partial charge on any atom is 0.184 e. The molecule has 0 aliphatic rings. The van der Waals surface area contributed by atoms with Crippen LogP contribution in [0, 0.1) is 6.07 Å². The highest BCUT2D eigenvalue weighted by Gasteiger charge is 2.18.